The van der Waals surface area contributed by atoms with E-state index in [1.165, 1.54) is 6.07 Å². The molecule has 0 amide bonds. The summed E-state index contributed by atoms with van der Waals surface area (Å²) >= 11 is 3.15. The van der Waals surface area contributed by atoms with Crippen LogP contribution in [0, 0.1) is 12.7 Å². The summed E-state index contributed by atoms with van der Waals surface area (Å²) in [6, 6.07) is 5.29. The molecule has 0 saturated carbocycles. The number of nitrogens with zero attached hydrogens (tertiary/aromatic N) is 2. The standard InChI is InChI=1S/C13H15BrFN3/c1-8(2)16-13-17-9(3)7-18(13)10-4-5-11(14)12(15)6-10/h4-8H,1-3H3,(H,16,17). The van der Waals surface area contributed by atoms with Crippen LogP contribution in [0.2, 0.25) is 0 Å². The molecule has 0 spiro atoms. The minimum atomic E-state index is -0.283. The van der Waals surface area contributed by atoms with Crippen LogP contribution in [0.4, 0.5) is 10.3 Å². The molecule has 0 unspecified atom stereocenters. The molecule has 0 atom stereocenters. The van der Waals surface area contributed by atoms with Crippen molar-refractivity contribution in [2.45, 2.75) is 26.8 Å². The molecule has 2 rings (SSSR count). The summed E-state index contributed by atoms with van der Waals surface area (Å²) in [5, 5.41) is 3.24. The van der Waals surface area contributed by atoms with E-state index < -0.39 is 0 Å². The summed E-state index contributed by atoms with van der Waals surface area (Å²) in [4.78, 5) is 4.40. The zero-order valence-corrected chi connectivity index (χ0v) is 12.1. The van der Waals surface area contributed by atoms with Crippen LogP contribution in [0.5, 0.6) is 0 Å². The van der Waals surface area contributed by atoms with E-state index in [0.29, 0.717) is 4.47 Å². The molecule has 1 N–H and O–H groups in total. The summed E-state index contributed by atoms with van der Waals surface area (Å²) in [6.45, 7) is 5.99. The van der Waals surface area contributed by atoms with Gasteiger partial charge in [-0.05, 0) is 54.9 Å². The first-order valence-corrected chi connectivity index (χ1v) is 6.54. The predicted molar refractivity (Wildman–Crippen MR) is 74.7 cm³/mol. The maximum atomic E-state index is 13.6. The first-order valence-electron chi connectivity index (χ1n) is 5.75. The van der Waals surface area contributed by atoms with E-state index in [9.17, 15) is 4.39 Å². The molecule has 96 valence electrons. The number of aryl methyl sites for hydroxylation is 1. The number of rotatable bonds is 3. The Kier molecular flexibility index (Phi) is 3.71. The van der Waals surface area contributed by atoms with Crippen LogP contribution in [0.1, 0.15) is 19.5 Å². The van der Waals surface area contributed by atoms with Crippen LogP contribution in [0.3, 0.4) is 0 Å². The van der Waals surface area contributed by atoms with Gasteiger partial charge in [0.15, 0.2) is 0 Å². The third-order valence-electron chi connectivity index (χ3n) is 2.43. The second-order valence-electron chi connectivity index (χ2n) is 4.47. The van der Waals surface area contributed by atoms with E-state index in [0.717, 1.165) is 17.3 Å². The lowest BCUT2D eigenvalue weighted by Gasteiger charge is -2.12. The first kappa shape index (κ1) is 13.1. The van der Waals surface area contributed by atoms with Crippen molar-refractivity contribution < 1.29 is 4.39 Å². The predicted octanol–water partition coefficient (Wildman–Crippen LogP) is 3.90. The first-order chi connectivity index (χ1) is 8.47. The molecule has 1 aromatic carbocycles. The summed E-state index contributed by atoms with van der Waals surface area (Å²) in [7, 11) is 0. The number of benzene rings is 1. The molecule has 0 aliphatic heterocycles. The van der Waals surface area contributed by atoms with Gasteiger partial charge in [0.1, 0.15) is 5.82 Å². The van der Waals surface area contributed by atoms with Gasteiger partial charge in [0.25, 0.3) is 0 Å². The molecule has 1 heterocycles. The van der Waals surface area contributed by atoms with Crippen molar-refractivity contribution in [3.8, 4) is 5.69 Å². The van der Waals surface area contributed by atoms with Crippen molar-refractivity contribution in [2.75, 3.05) is 5.32 Å². The third kappa shape index (κ3) is 2.72. The molecule has 3 nitrogen and oxygen atoms in total. The van der Waals surface area contributed by atoms with Crippen LogP contribution in [-0.2, 0) is 0 Å². The molecule has 2 aromatic rings. The number of halogens is 2. The van der Waals surface area contributed by atoms with Crippen LogP contribution in [-0.4, -0.2) is 15.6 Å². The average molecular weight is 312 g/mol. The zero-order valence-electron chi connectivity index (χ0n) is 10.5. The van der Waals surface area contributed by atoms with E-state index in [1.54, 1.807) is 6.07 Å². The Morgan fingerprint density at radius 1 is 1.39 bits per heavy atom. The fourth-order valence-corrected chi connectivity index (χ4v) is 1.94. The van der Waals surface area contributed by atoms with Gasteiger partial charge in [-0.1, -0.05) is 0 Å². The van der Waals surface area contributed by atoms with Crippen LogP contribution < -0.4 is 5.32 Å². The van der Waals surface area contributed by atoms with Gasteiger partial charge in [0, 0.05) is 12.2 Å². The maximum absolute atomic E-state index is 13.6. The Morgan fingerprint density at radius 2 is 2.11 bits per heavy atom. The van der Waals surface area contributed by atoms with Gasteiger partial charge in [-0.15, -0.1) is 0 Å². The SMILES string of the molecule is Cc1cn(-c2ccc(Br)c(F)c2)c(NC(C)C)n1. The Balaban J connectivity index is 2.45. The van der Waals surface area contributed by atoms with Crippen LogP contribution in [0.25, 0.3) is 5.69 Å². The molecule has 0 fully saturated rings. The van der Waals surface area contributed by atoms with Crippen LogP contribution in [0.15, 0.2) is 28.9 Å². The van der Waals surface area contributed by atoms with Crippen molar-refractivity contribution in [3.05, 3.63) is 40.4 Å². The highest BCUT2D eigenvalue weighted by Gasteiger charge is 2.10. The Labute approximate surface area is 114 Å². The molecular weight excluding hydrogens is 297 g/mol. The average Bonchev–Trinajstić information content (AvgIpc) is 2.62. The molecule has 0 radical (unpaired) electrons. The molecule has 1 aromatic heterocycles. The van der Waals surface area contributed by atoms with Gasteiger partial charge in [-0.3, -0.25) is 4.57 Å². The number of hydrogen-bond donors (Lipinski definition) is 1. The molecule has 0 bridgehead atoms. The monoisotopic (exact) mass is 311 g/mol. The van der Waals surface area contributed by atoms with Gasteiger partial charge in [-0.25, -0.2) is 9.37 Å². The zero-order chi connectivity index (χ0) is 13.3. The number of nitrogens with one attached hydrogen (secondary N) is 1. The van der Waals surface area contributed by atoms with Crippen molar-refractivity contribution in [3.63, 3.8) is 0 Å². The van der Waals surface area contributed by atoms with Gasteiger partial charge in [0.2, 0.25) is 5.95 Å². The number of anilines is 1. The van der Waals surface area contributed by atoms with Gasteiger partial charge >= 0.3 is 0 Å². The van der Waals surface area contributed by atoms with Crippen molar-refractivity contribution in [1.82, 2.24) is 9.55 Å². The van der Waals surface area contributed by atoms with Crippen molar-refractivity contribution in [2.24, 2.45) is 0 Å². The smallest absolute Gasteiger partial charge is 0.207 e. The third-order valence-corrected chi connectivity index (χ3v) is 3.07. The lowest BCUT2D eigenvalue weighted by molar-refractivity contribution is 0.620. The minimum absolute atomic E-state index is 0.269. The highest BCUT2D eigenvalue weighted by Crippen LogP contribution is 2.22. The van der Waals surface area contributed by atoms with E-state index in [4.69, 9.17) is 0 Å². The summed E-state index contributed by atoms with van der Waals surface area (Å²) in [5.41, 5.74) is 1.64. The van der Waals surface area contributed by atoms with Crippen LogP contribution >= 0.6 is 15.9 Å². The topological polar surface area (TPSA) is 29.9 Å². The molecule has 0 saturated heterocycles. The number of hydrogen-bond acceptors (Lipinski definition) is 2. The highest BCUT2D eigenvalue weighted by molar-refractivity contribution is 9.10. The second-order valence-corrected chi connectivity index (χ2v) is 5.33. The molecular formula is C13H15BrFN3. The van der Waals surface area contributed by atoms with Crippen molar-refractivity contribution >= 4 is 21.9 Å². The fraction of sp³-hybridized carbons (Fsp3) is 0.308. The molecule has 5 heteroatoms. The van der Waals surface area contributed by atoms with Gasteiger partial charge in [-0.2, -0.15) is 0 Å². The summed E-state index contributed by atoms with van der Waals surface area (Å²) in [5.74, 6) is 0.443. The highest BCUT2D eigenvalue weighted by atomic mass is 79.9. The Hall–Kier alpha value is -1.36. The van der Waals surface area contributed by atoms with Gasteiger partial charge in [0.05, 0.1) is 15.9 Å². The van der Waals surface area contributed by atoms with E-state index in [-0.39, 0.29) is 11.9 Å². The number of aromatic nitrogens is 2. The van der Waals surface area contributed by atoms with Crippen molar-refractivity contribution in [1.29, 1.82) is 0 Å². The summed E-state index contributed by atoms with van der Waals surface area (Å²) < 4.78 is 15.9. The fourth-order valence-electron chi connectivity index (χ4n) is 1.69. The maximum Gasteiger partial charge on any atom is 0.207 e. The minimum Gasteiger partial charge on any atom is -0.353 e. The molecule has 0 aliphatic carbocycles. The lowest BCUT2D eigenvalue weighted by Crippen LogP contribution is -2.14. The molecule has 18 heavy (non-hydrogen) atoms. The summed E-state index contributed by atoms with van der Waals surface area (Å²) in [6.07, 6.45) is 1.88. The van der Waals surface area contributed by atoms with Gasteiger partial charge < -0.3 is 5.32 Å². The second kappa shape index (κ2) is 5.10. The van der Waals surface area contributed by atoms with E-state index in [1.807, 2.05) is 37.6 Å². The Morgan fingerprint density at radius 3 is 2.72 bits per heavy atom. The normalized spacial score (nSPS) is 11.0. The Bertz CT molecular complexity index is 563. The largest absolute Gasteiger partial charge is 0.353 e. The van der Waals surface area contributed by atoms with E-state index in [2.05, 4.69) is 26.2 Å². The quantitative estimate of drug-likeness (QED) is 0.931. The van der Waals surface area contributed by atoms with E-state index >= 15 is 0 Å². The number of imidazole rings is 1. The molecule has 0 aliphatic rings. The lowest BCUT2D eigenvalue weighted by atomic mass is 10.3.